The predicted octanol–water partition coefficient (Wildman–Crippen LogP) is 8.17. The van der Waals surface area contributed by atoms with Crippen molar-refractivity contribution >= 4 is 72.6 Å². The molecule has 5 aliphatic rings. The number of sulfonamides is 1. The molecular weight excluding hydrogens is 896 g/mol. The fraction of sp³-hybridized carbons (Fsp3) is 0.429. The Morgan fingerprint density at radius 1 is 0.970 bits per heavy atom. The molecule has 5 aromatic rings. The van der Waals surface area contributed by atoms with Crippen molar-refractivity contribution in [3.8, 4) is 5.88 Å². The van der Waals surface area contributed by atoms with Gasteiger partial charge < -0.3 is 34.3 Å². The number of halogens is 1. The summed E-state index contributed by atoms with van der Waals surface area (Å²) >= 11 is 6.28. The Balaban J connectivity index is 0.946. The zero-order valence-electron chi connectivity index (χ0n) is 37.6. The molecular formula is C49H55ClN8O8S. The number of hydrogen-bond acceptors (Lipinski definition) is 13. The number of amides is 1. The Bertz CT molecular complexity index is 2840. The minimum atomic E-state index is -4.60. The third-order valence-corrected chi connectivity index (χ3v) is 15.6. The summed E-state index contributed by atoms with van der Waals surface area (Å²) in [6.45, 7) is 11.0. The first-order chi connectivity index (χ1) is 32.3. The maximum absolute atomic E-state index is 14.6. The van der Waals surface area contributed by atoms with Gasteiger partial charge in [0.2, 0.25) is 5.88 Å². The summed E-state index contributed by atoms with van der Waals surface area (Å²) in [5.74, 6) is -0.270. The van der Waals surface area contributed by atoms with Crippen LogP contribution in [0.4, 0.5) is 28.4 Å². The van der Waals surface area contributed by atoms with E-state index in [1.54, 1.807) is 12.3 Å². The number of anilines is 4. The van der Waals surface area contributed by atoms with Crippen LogP contribution in [0.5, 0.6) is 5.88 Å². The third kappa shape index (κ3) is 9.44. The minimum Gasteiger partial charge on any atom is -0.468 e. The van der Waals surface area contributed by atoms with Crippen LogP contribution >= 0.6 is 11.6 Å². The van der Waals surface area contributed by atoms with Gasteiger partial charge in [0, 0.05) is 80.8 Å². The number of allylic oxidation sites excluding steroid dienone is 1. The first-order valence-corrected chi connectivity index (χ1v) is 24.9. The molecule has 3 aromatic carbocycles. The molecule has 0 spiro atoms. The van der Waals surface area contributed by atoms with Crippen LogP contribution in [-0.2, 0) is 19.5 Å². The van der Waals surface area contributed by atoms with Gasteiger partial charge in [-0.25, -0.2) is 13.1 Å². The molecule has 1 aliphatic carbocycles. The van der Waals surface area contributed by atoms with Crippen LogP contribution in [0.1, 0.15) is 61.9 Å². The number of hydrogen-bond donors (Lipinski definition) is 3. The standard InChI is InChI=1S/C49H55ClN8O8S/c1-49(2)15-11-34(39(26-49)32-3-5-35(50)6-4-32)28-55-17-19-56(20-18-55)36-7-9-38(41(24-36)57-43-23-33-12-16-51-46(33)53-48(43)66-45-30-65-29-44(45)57)47(59)54-67(62,63)37-8-10-40(42(25-37)58(60)61)52-27-31-13-21-64-22-14-31/h3-10,12,16,23-25,31,44-45,52H,11,13-15,17-22,26-30H2,1-2H3,(H,51,53)(H,54,59)/t44-,45-/m0/s1. The number of aromatic nitrogens is 2. The van der Waals surface area contributed by atoms with Gasteiger partial charge in [0.1, 0.15) is 23.1 Å². The van der Waals surface area contributed by atoms with Crippen molar-refractivity contribution in [2.24, 2.45) is 11.3 Å². The number of nitro benzene ring substituents is 1. The lowest BCUT2D eigenvalue weighted by molar-refractivity contribution is -0.384. The molecule has 0 radical (unpaired) electrons. The van der Waals surface area contributed by atoms with Gasteiger partial charge >= 0.3 is 0 Å². The normalized spacial score (nSPS) is 21.2. The highest BCUT2D eigenvalue weighted by molar-refractivity contribution is 7.90. The molecule has 1 amide bonds. The first kappa shape index (κ1) is 45.1. The molecule has 18 heteroatoms. The van der Waals surface area contributed by atoms with Gasteiger partial charge in [-0.15, -0.1) is 0 Å². The number of H-pyrrole nitrogens is 1. The maximum Gasteiger partial charge on any atom is 0.293 e. The molecule has 2 atom stereocenters. The summed E-state index contributed by atoms with van der Waals surface area (Å²) in [7, 11) is -4.60. The molecule has 3 saturated heterocycles. The number of carbonyl (C=O) groups excluding carboxylic acids is 1. The monoisotopic (exact) mass is 950 g/mol. The van der Waals surface area contributed by atoms with Crippen molar-refractivity contribution in [1.82, 2.24) is 19.6 Å². The molecule has 6 heterocycles. The summed E-state index contributed by atoms with van der Waals surface area (Å²) in [6.07, 6.45) is 6.20. The summed E-state index contributed by atoms with van der Waals surface area (Å²) in [6, 6.07) is 20.8. The van der Waals surface area contributed by atoms with Crippen molar-refractivity contribution in [2.75, 3.05) is 80.8 Å². The largest absolute Gasteiger partial charge is 0.468 e. The minimum absolute atomic E-state index is 0.0877. The van der Waals surface area contributed by atoms with E-state index in [0.717, 1.165) is 87.0 Å². The Hall–Kier alpha value is -5.72. The number of benzene rings is 3. The van der Waals surface area contributed by atoms with Crippen LogP contribution in [0.25, 0.3) is 16.6 Å². The van der Waals surface area contributed by atoms with E-state index in [1.807, 2.05) is 41.3 Å². The molecule has 352 valence electrons. The summed E-state index contributed by atoms with van der Waals surface area (Å²) < 4.78 is 48.2. The van der Waals surface area contributed by atoms with E-state index in [9.17, 15) is 23.3 Å². The van der Waals surface area contributed by atoms with Crippen LogP contribution in [0.15, 0.2) is 89.5 Å². The smallest absolute Gasteiger partial charge is 0.293 e. The van der Waals surface area contributed by atoms with Crippen molar-refractivity contribution in [2.45, 2.75) is 63.0 Å². The van der Waals surface area contributed by atoms with Crippen molar-refractivity contribution < 1.29 is 32.3 Å². The van der Waals surface area contributed by atoms with Crippen molar-refractivity contribution in [1.29, 1.82) is 0 Å². The number of nitrogens with one attached hydrogen (secondary N) is 3. The number of nitro groups is 1. The Kier molecular flexibility index (Phi) is 12.4. The van der Waals surface area contributed by atoms with Crippen LogP contribution in [0, 0.1) is 21.4 Å². The number of fused-ring (bicyclic) bond motifs is 3. The maximum atomic E-state index is 14.6. The lowest BCUT2D eigenvalue weighted by Crippen LogP contribution is -2.48. The van der Waals surface area contributed by atoms with Gasteiger partial charge in [-0.1, -0.05) is 43.2 Å². The fourth-order valence-electron chi connectivity index (χ4n) is 10.1. The van der Waals surface area contributed by atoms with Gasteiger partial charge in [0.05, 0.1) is 40.3 Å². The van der Waals surface area contributed by atoms with E-state index < -0.39 is 37.5 Å². The lowest BCUT2D eigenvalue weighted by Gasteiger charge is -2.41. The lowest BCUT2D eigenvalue weighted by atomic mass is 9.72. The molecule has 0 bridgehead atoms. The number of rotatable bonds is 12. The summed E-state index contributed by atoms with van der Waals surface area (Å²) in [5.41, 5.74) is 6.78. The highest BCUT2D eigenvalue weighted by Gasteiger charge is 2.44. The van der Waals surface area contributed by atoms with Gasteiger partial charge in [0.25, 0.3) is 21.6 Å². The van der Waals surface area contributed by atoms with Gasteiger partial charge in [-0.05, 0) is 109 Å². The van der Waals surface area contributed by atoms with Crippen LogP contribution < -0.4 is 24.6 Å². The molecule has 16 nitrogen and oxygen atoms in total. The number of pyridine rings is 1. The Labute approximate surface area is 394 Å². The zero-order chi connectivity index (χ0) is 46.5. The Morgan fingerprint density at radius 2 is 1.76 bits per heavy atom. The highest BCUT2D eigenvalue weighted by Crippen LogP contribution is 2.46. The second-order valence-electron chi connectivity index (χ2n) is 19.1. The zero-order valence-corrected chi connectivity index (χ0v) is 39.2. The van der Waals surface area contributed by atoms with E-state index in [1.165, 1.54) is 28.8 Å². The third-order valence-electron chi connectivity index (χ3n) is 14.0. The molecule has 0 unspecified atom stereocenters. The number of piperazine rings is 1. The SMILES string of the molecule is CC1(C)CCC(CN2CCN(c3ccc(C(=O)NS(=O)(=O)c4ccc(NCC5CCOCC5)c([N+](=O)[O-])c4)c(N4c5cc6cc[nH]c6nc5O[C@H]5COC[C@@H]54)c3)CC2)=C(c2ccc(Cl)cc2)C1. The fourth-order valence-corrected chi connectivity index (χ4v) is 11.3. The van der Waals surface area contributed by atoms with Crippen LogP contribution in [-0.4, -0.2) is 112 Å². The molecule has 0 saturated carbocycles. The number of ether oxygens (including phenoxy) is 3. The van der Waals surface area contributed by atoms with E-state index in [2.05, 4.69) is 50.8 Å². The second kappa shape index (κ2) is 18.4. The average Bonchev–Trinajstić information content (AvgIpc) is 4.00. The molecule has 67 heavy (non-hydrogen) atoms. The van der Waals surface area contributed by atoms with Gasteiger partial charge in [0.15, 0.2) is 0 Å². The van der Waals surface area contributed by atoms with E-state index in [4.69, 9.17) is 30.8 Å². The van der Waals surface area contributed by atoms with Crippen molar-refractivity contribution in [3.63, 3.8) is 0 Å². The topological polar surface area (TPSA) is 184 Å². The number of carbonyl (C=O) groups is 1. The quantitative estimate of drug-likeness (QED) is 0.0805. The number of nitrogens with zero attached hydrogens (tertiary/aromatic N) is 5. The van der Waals surface area contributed by atoms with Crippen LogP contribution in [0.3, 0.4) is 0 Å². The van der Waals surface area contributed by atoms with E-state index in [-0.39, 0.29) is 28.6 Å². The second-order valence-corrected chi connectivity index (χ2v) is 21.2. The summed E-state index contributed by atoms with van der Waals surface area (Å²) in [4.78, 5) is 40.5. The van der Waals surface area contributed by atoms with Crippen LogP contribution in [0.2, 0.25) is 5.02 Å². The molecule has 3 N–H and O–H groups in total. The molecule has 3 fully saturated rings. The predicted molar refractivity (Wildman–Crippen MR) is 258 cm³/mol. The summed E-state index contributed by atoms with van der Waals surface area (Å²) in [5, 5.41) is 16.9. The number of aromatic amines is 1. The molecule has 2 aromatic heterocycles. The van der Waals surface area contributed by atoms with Crippen molar-refractivity contribution in [3.05, 3.63) is 111 Å². The molecule has 4 aliphatic heterocycles. The highest BCUT2D eigenvalue weighted by atomic mass is 35.5. The van der Waals surface area contributed by atoms with E-state index in [0.29, 0.717) is 55.9 Å². The molecule has 10 rings (SSSR count). The average molecular weight is 952 g/mol. The Morgan fingerprint density at radius 3 is 2.54 bits per heavy atom. The van der Waals surface area contributed by atoms with E-state index >= 15 is 0 Å². The van der Waals surface area contributed by atoms with Gasteiger partial charge in [-0.2, -0.15) is 4.98 Å². The first-order valence-electron chi connectivity index (χ1n) is 23.1. The van der Waals surface area contributed by atoms with Gasteiger partial charge in [-0.3, -0.25) is 19.8 Å².